The van der Waals surface area contributed by atoms with Gasteiger partial charge in [-0.25, -0.2) is 18.4 Å². The van der Waals surface area contributed by atoms with Crippen LogP contribution >= 0.6 is 0 Å². The second-order valence-corrected chi connectivity index (χ2v) is 11.5. The number of ether oxygens (including phenoxy) is 1. The maximum atomic E-state index is 13.0. The molecule has 1 aliphatic carbocycles. The molecule has 1 aliphatic heterocycles. The molecule has 2 aromatic heterocycles. The van der Waals surface area contributed by atoms with Crippen LogP contribution in [0.1, 0.15) is 44.2 Å². The van der Waals surface area contributed by atoms with E-state index >= 15 is 0 Å². The number of nitrogens with zero attached hydrogens (tertiary/aromatic N) is 3. The van der Waals surface area contributed by atoms with Gasteiger partial charge < -0.3 is 14.6 Å². The number of fused-ring (bicyclic) bond motifs is 1. The van der Waals surface area contributed by atoms with E-state index in [0.29, 0.717) is 30.7 Å². The van der Waals surface area contributed by atoms with E-state index in [2.05, 4.69) is 9.88 Å². The lowest BCUT2D eigenvalue weighted by atomic mass is 9.88. The van der Waals surface area contributed by atoms with Crippen LogP contribution in [0.2, 0.25) is 0 Å². The van der Waals surface area contributed by atoms with E-state index < -0.39 is 9.84 Å². The molecule has 1 saturated carbocycles. The van der Waals surface area contributed by atoms with Crippen LogP contribution in [0.15, 0.2) is 36.5 Å². The van der Waals surface area contributed by atoms with Crippen LogP contribution in [-0.4, -0.2) is 55.4 Å². The van der Waals surface area contributed by atoms with E-state index in [9.17, 15) is 8.42 Å². The van der Waals surface area contributed by atoms with Crippen LogP contribution in [0.5, 0.6) is 0 Å². The van der Waals surface area contributed by atoms with Gasteiger partial charge in [0.1, 0.15) is 5.82 Å². The van der Waals surface area contributed by atoms with Crippen molar-refractivity contribution in [3.05, 3.63) is 42.2 Å². The van der Waals surface area contributed by atoms with Gasteiger partial charge >= 0.3 is 0 Å². The van der Waals surface area contributed by atoms with Gasteiger partial charge in [-0.3, -0.25) is 0 Å². The van der Waals surface area contributed by atoms with Crippen molar-refractivity contribution < 1.29 is 13.2 Å². The monoisotopic (exact) mass is 468 g/mol. The van der Waals surface area contributed by atoms with E-state index in [1.807, 2.05) is 36.5 Å². The van der Waals surface area contributed by atoms with E-state index in [-0.39, 0.29) is 11.5 Å². The van der Waals surface area contributed by atoms with Gasteiger partial charge in [0.05, 0.1) is 30.4 Å². The summed E-state index contributed by atoms with van der Waals surface area (Å²) in [6.07, 6.45) is 8.74. The molecule has 176 valence electrons. The molecule has 33 heavy (non-hydrogen) atoms. The van der Waals surface area contributed by atoms with Crippen molar-refractivity contribution >= 4 is 26.6 Å². The molecule has 0 unspecified atom stereocenters. The standard InChI is InChI=1S/C25H32N4O3S/c30-33(31,15-9-19-4-2-1-3-5-19)18-22-17-24(29-11-13-32-14-12-29)28-25(27-22)21-6-7-23-20(16-21)8-10-26-23/h6-8,10,16-17,19,26H,1-5,9,11-15,18H2. The Morgan fingerprint density at radius 3 is 2.67 bits per heavy atom. The number of hydrogen-bond acceptors (Lipinski definition) is 6. The van der Waals surface area contributed by atoms with Crippen LogP contribution < -0.4 is 4.90 Å². The first-order valence-corrected chi connectivity index (χ1v) is 13.9. The Bertz CT molecular complexity index is 1200. The van der Waals surface area contributed by atoms with Gasteiger partial charge in [-0.15, -0.1) is 0 Å². The minimum Gasteiger partial charge on any atom is -0.378 e. The molecule has 2 aliphatic rings. The molecule has 5 rings (SSSR count). The first-order valence-electron chi connectivity index (χ1n) is 12.0. The zero-order valence-corrected chi connectivity index (χ0v) is 19.8. The van der Waals surface area contributed by atoms with Gasteiger partial charge in [-0.2, -0.15) is 0 Å². The summed E-state index contributed by atoms with van der Waals surface area (Å²) in [4.78, 5) is 14.9. The van der Waals surface area contributed by atoms with Gasteiger partial charge in [0.2, 0.25) is 0 Å². The van der Waals surface area contributed by atoms with Gasteiger partial charge in [-0.05, 0) is 36.6 Å². The molecule has 8 heteroatoms. The summed E-state index contributed by atoms with van der Waals surface area (Å²) in [5, 5.41) is 1.08. The van der Waals surface area contributed by atoms with Gasteiger partial charge in [0.15, 0.2) is 15.7 Å². The van der Waals surface area contributed by atoms with Crippen molar-refractivity contribution in [2.24, 2.45) is 5.92 Å². The average molecular weight is 469 g/mol. The average Bonchev–Trinajstić information content (AvgIpc) is 3.32. The summed E-state index contributed by atoms with van der Waals surface area (Å²) >= 11 is 0. The Hall–Kier alpha value is -2.45. The molecule has 3 heterocycles. The van der Waals surface area contributed by atoms with Crippen molar-refractivity contribution in [3.63, 3.8) is 0 Å². The third-order valence-electron chi connectivity index (χ3n) is 6.84. The predicted octanol–water partition coefficient (Wildman–Crippen LogP) is 4.35. The number of rotatable bonds is 7. The Kier molecular flexibility index (Phi) is 6.64. The number of aromatic nitrogens is 3. The number of sulfone groups is 1. The minimum absolute atomic E-state index is 0.0427. The summed E-state index contributed by atoms with van der Waals surface area (Å²) in [5.74, 6) is 2.08. The Labute approximate surface area is 195 Å². The summed E-state index contributed by atoms with van der Waals surface area (Å²) in [6.45, 7) is 2.76. The molecule has 0 bridgehead atoms. The number of aromatic amines is 1. The predicted molar refractivity (Wildman–Crippen MR) is 131 cm³/mol. The Morgan fingerprint density at radius 1 is 1.03 bits per heavy atom. The third kappa shape index (κ3) is 5.55. The van der Waals surface area contributed by atoms with Gasteiger partial charge in [0.25, 0.3) is 0 Å². The largest absolute Gasteiger partial charge is 0.378 e. The number of anilines is 1. The molecular weight excluding hydrogens is 436 g/mol. The molecule has 3 aromatic rings. The van der Waals surface area contributed by atoms with Crippen LogP contribution in [0.25, 0.3) is 22.3 Å². The van der Waals surface area contributed by atoms with Crippen LogP contribution in [0.3, 0.4) is 0 Å². The van der Waals surface area contributed by atoms with Crippen LogP contribution in [-0.2, 0) is 20.3 Å². The van der Waals surface area contributed by atoms with Crippen molar-refractivity contribution in [1.82, 2.24) is 15.0 Å². The quantitative estimate of drug-likeness (QED) is 0.555. The summed E-state index contributed by atoms with van der Waals surface area (Å²) in [7, 11) is -3.24. The molecule has 7 nitrogen and oxygen atoms in total. The fraction of sp³-hybridized carbons (Fsp3) is 0.520. The van der Waals surface area contributed by atoms with Crippen LogP contribution in [0, 0.1) is 5.92 Å². The van der Waals surface area contributed by atoms with Gasteiger partial charge in [-0.1, -0.05) is 32.1 Å². The number of nitrogens with one attached hydrogen (secondary N) is 1. The fourth-order valence-corrected chi connectivity index (χ4v) is 6.39. The van der Waals surface area contributed by atoms with Crippen molar-refractivity contribution in [2.75, 3.05) is 37.0 Å². The molecule has 0 atom stereocenters. The minimum atomic E-state index is -3.24. The SMILES string of the molecule is O=S(=O)(CCC1CCCCC1)Cc1cc(N2CCOCC2)nc(-c2ccc3[nH]ccc3c2)n1. The number of benzene rings is 1. The first kappa shape index (κ1) is 22.3. The topological polar surface area (TPSA) is 88.2 Å². The summed E-state index contributed by atoms with van der Waals surface area (Å²) < 4.78 is 31.5. The zero-order chi connectivity index (χ0) is 22.7. The molecule has 2 fully saturated rings. The molecule has 0 amide bonds. The number of hydrogen-bond donors (Lipinski definition) is 1. The van der Waals surface area contributed by atoms with E-state index in [0.717, 1.165) is 54.6 Å². The fourth-order valence-electron chi connectivity index (χ4n) is 4.95. The molecule has 1 saturated heterocycles. The molecule has 1 aromatic carbocycles. The van der Waals surface area contributed by atoms with E-state index in [1.165, 1.54) is 19.3 Å². The maximum Gasteiger partial charge on any atom is 0.161 e. The highest BCUT2D eigenvalue weighted by Gasteiger charge is 2.21. The van der Waals surface area contributed by atoms with Crippen molar-refractivity contribution in [2.45, 2.75) is 44.3 Å². The van der Waals surface area contributed by atoms with Gasteiger partial charge in [0, 0.05) is 41.8 Å². The highest BCUT2D eigenvalue weighted by molar-refractivity contribution is 7.90. The van der Waals surface area contributed by atoms with E-state index in [1.54, 1.807) is 0 Å². The smallest absolute Gasteiger partial charge is 0.161 e. The lowest BCUT2D eigenvalue weighted by Crippen LogP contribution is -2.37. The Balaban J connectivity index is 1.41. The third-order valence-corrected chi connectivity index (χ3v) is 8.44. The summed E-state index contributed by atoms with van der Waals surface area (Å²) in [5.41, 5.74) is 2.51. The molecule has 0 spiro atoms. The van der Waals surface area contributed by atoms with Crippen molar-refractivity contribution in [1.29, 1.82) is 0 Å². The van der Waals surface area contributed by atoms with Crippen LogP contribution in [0.4, 0.5) is 5.82 Å². The lowest BCUT2D eigenvalue weighted by molar-refractivity contribution is 0.122. The summed E-state index contributed by atoms with van der Waals surface area (Å²) in [6, 6.07) is 9.91. The second-order valence-electron chi connectivity index (χ2n) is 9.30. The lowest BCUT2D eigenvalue weighted by Gasteiger charge is -2.28. The molecule has 0 radical (unpaired) electrons. The zero-order valence-electron chi connectivity index (χ0n) is 19.0. The van der Waals surface area contributed by atoms with Crippen molar-refractivity contribution in [3.8, 4) is 11.4 Å². The number of H-pyrrole nitrogens is 1. The highest BCUT2D eigenvalue weighted by Crippen LogP contribution is 2.28. The maximum absolute atomic E-state index is 13.0. The normalized spacial score (nSPS) is 18.1. The number of morpholine rings is 1. The van der Waals surface area contributed by atoms with E-state index in [4.69, 9.17) is 14.7 Å². The molecular formula is C25H32N4O3S. The molecule has 1 N–H and O–H groups in total. The Morgan fingerprint density at radius 2 is 1.85 bits per heavy atom. The first-order chi connectivity index (χ1) is 16.1. The highest BCUT2D eigenvalue weighted by atomic mass is 32.2. The second kappa shape index (κ2) is 9.81.